The van der Waals surface area contributed by atoms with Crippen LogP contribution < -0.4 is 0 Å². The molecule has 0 saturated carbocycles. The minimum atomic E-state index is -0.0921. The molecular formula is C9H13NO3. The van der Waals surface area contributed by atoms with Gasteiger partial charge in [0.1, 0.15) is 0 Å². The fourth-order valence-electron chi connectivity index (χ4n) is 0.956. The normalized spacial score (nSPS) is 10.3. The lowest BCUT2D eigenvalue weighted by atomic mass is 10.3. The summed E-state index contributed by atoms with van der Waals surface area (Å²) in [5, 5.41) is 0. The Kier molecular flexibility index (Phi) is 3.64. The molecule has 13 heavy (non-hydrogen) atoms. The lowest BCUT2D eigenvalue weighted by Gasteiger charge is -1.94. The van der Waals surface area contributed by atoms with Gasteiger partial charge in [-0.3, -0.25) is 4.79 Å². The van der Waals surface area contributed by atoms with Crippen molar-refractivity contribution >= 4 is 5.78 Å². The minimum Gasteiger partial charge on any atom is -0.438 e. The van der Waals surface area contributed by atoms with E-state index in [4.69, 9.17) is 9.15 Å². The average Bonchev–Trinajstić information content (AvgIpc) is 2.53. The molecule has 1 aromatic heterocycles. The van der Waals surface area contributed by atoms with Gasteiger partial charge in [-0.05, 0) is 6.42 Å². The first kappa shape index (κ1) is 9.92. The number of aryl methyl sites for hydroxylation is 1. The highest BCUT2D eigenvalue weighted by atomic mass is 16.5. The van der Waals surface area contributed by atoms with Crippen LogP contribution in [0.5, 0.6) is 0 Å². The van der Waals surface area contributed by atoms with Gasteiger partial charge in [0.25, 0.3) is 0 Å². The van der Waals surface area contributed by atoms with Crippen molar-refractivity contribution < 1.29 is 13.9 Å². The molecule has 0 amide bonds. The van der Waals surface area contributed by atoms with E-state index >= 15 is 0 Å². The number of nitrogens with zero attached hydrogens (tertiary/aromatic N) is 1. The van der Waals surface area contributed by atoms with Gasteiger partial charge in [0.05, 0.1) is 6.20 Å². The summed E-state index contributed by atoms with van der Waals surface area (Å²) in [6.07, 6.45) is 3.03. The molecule has 0 fully saturated rings. The van der Waals surface area contributed by atoms with Gasteiger partial charge < -0.3 is 9.15 Å². The number of ether oxygens (including phenoxy) is 1. The highest BCUT2D eigenvalue weighted by Gasteiger charge is 2.06. The molecule has 1 heterocycles. The predicted octanol–water partition coefficient (Wildman–Crippen LogP) is 1.46. The maximum absolute atomic E-state index is 10.8. The topological polar surface area (TPSA) is 52.3 Å². The van der Waals surface area contributed by atoms with Gasteiger partial charge in [-0.2, -0.15) is 0 Å². The Morgan fingerprint density at radius 2 is 2.46 bits per heavy atom. The number of carbonyl (C=O) groups is 1. The zero-order valence-electron chi connectivity index (χ0n) is 7.87. The van der Waals surface area contributed by atoms with E-state index in [2.05, 4.69) is 4.98 Å². The Morgan fingerprint density at radius 1 is 1.69 bits per heavy atom. The number of carbonyl (C=O) groups excluding carboxylic acids is 1. The molecule has 1 aromatic rings. The Bertz CT molecular complexity index is 280. The number of ketones is 1. The SMILES string of the molecule is COCCCc1ncc(C(C)=O)o1. The smallest absolute Gasteiger partial charge is 0.196 e. The maximum Gasteiger partial charge on any atom is 0.196 e. The van der Waals surface area contributed by atoms with Crippen LogP contribution in [-0.4, -0.2) is 24.5 Å². The first-order valence-corrected chi connectivity index (χ1v) is 4.18. The van der Waals surface area contributed by atoms with Crippen molar-refractivity contribution in [2.24, 2.45) is 0 Å². The molecule has 0 spiro atoms. The van der Waals surface area contributed by atoms with Crippen LogP contribution in [0.15, 0.2) is 10.6 Å². The summed E-state index contributed by atoms with van der Waals surface area (Å²) in [7, 11) is 1.65. The monoisotopic (exact) mass is 183 g/mol. The van der Waals surface area contributed by atoms with Crippen molar-refractivity contribution in [1.82, 2.24) is 4.98 Å². The molecule has 0 aliphatic carbocycles. The van der Waals surface area contributed by atoms with Gasteiger partial charge >= 0.3 is 0 Å². The molecule has 4 nitrogen and oxygen atoms in total. The van der Waals surface area contributed by atoms with Gasteiger partial charge in [-0.15, -0.1) is 0 Å². The molecule has 0 aliphatic heterocycles. The molecule has 0 radical (unpaired) electrons. The van der Waals surface area contributed by atoms with Gasteiger partial charge in [-0.1, -0.05) is 0 Å². The summed E-state index contributed by atoms with van der Waals surface area (Å²) in [5.41, 5.74) is 0. The van der Waals surface area contributed by atoms with E-state index in [1.165, 1.54) is 13.1 Å². The number of hydrogen-bond donors (Lipinski definition) is 0. The second-order valence-corrected chi connectivity index (χ2v) is 2.77. The predicted molar refractivity (Wildman–Crippen MR) is 46.7 cm³/mol. The molecule has 0 saturated heterocycles. The lowest BCUT2D eigenvalue weighted by molar-refractivity contribution is 0.0985. The Morgan fingerprint density at radius 3 is 3.00 bits per heavy atom. The van der Waals surface area contributed by atoms with Crippen molar-refractivity contribution in [3.05, 3.63) is 17.8 Å². The quantitative estimate of drug-likeness (QED) is 0.512. The van der Waals surface area contributed by atoms with Crippen molar-refractivity contribution in [3.63, 3.8) is 0 Å². The third kappa shape index (κ3) is 2.99. The van der Waals surface area contributed by atoms with Crippen LogP contribution in [0.4, 0.5) is 0 Å². The molecule has 4 heteroatoms. The van der Waals surface area contributed by atoms with E-state index in [1.807, 2.05) is 0 Å². The summed E-state index contributed by atoms with van der Waals surface area (Å²) in [6.45, 7) is 2.14. The van der Waals surface area contributed by atoms with E-state index in [-0.39, 0.29) is 5.78 Å². The number of hydrogen-bond acceptors (Lipinski definition) is 4. The van der Waals surface area contributed by atoms with E-state index in [0.29, 0.717) is 24.7 Å². The van der Waals surface area contributed by atoms with Crippen molar-refractivity contribution in [2.45, 2.75) is 19.8 Å². The van der Waals surface area contributed by atoms with Crippen LogP contribution in [-0.2, 0) is 11.2 Å². The van der Waals surface area contributed by atoms with Crippen LogP contribution in [0.3, 0.4) is 0 Å². The summed E-state index contributed by atoms with van der Waals surface area (Å²) in [6, 6.07) is 0. The summed E-state index contributed by atoms with van der Waals surface area (Å²) < 4.78 is 10.1. The molecule has 72 valence electrons. The van der Waals surface area contributed by atoms with Gasteiger partial charge in [0.15, 0.2) is 17.4 Å². The maximum atomic E-state index is 10.8. The highest BCUT2D eigenvalue weighted by Crippen LogP contribution is 2.06. The Hall–Kier alpha value is -1.16. The molecule has 0 aromatic carbocycles. The molecule has 1 rings (SSSR count). The van der Waals surface area contributed by atoms with E-state index in [9.17, 15) is 4.79 Å². The zero-order chi connectivity index (χ0) is 9.68. The van der Waals surface area contributed by atoms with E-state index in [1.54, 1.807) is 7.11 Å². The fourth-order valence-corrected chi connectivity index (χ4v) is 0.956. The highest BCUT2D eigenvalue weighted by molar-refractivity contribution is 5.90. The van der Waals surface area contributed by atoms with Gasteiger partial charge in [0, 0.05) is 27.1 Å². The summed E-state index contributed by atoms with van der Waals surface area (Å²) >= 11 is 0. The lowest BCUT2D eigenvalue weighted by Crippen LogP contribution is -1.92. The van der Waals surface area contributed by atoms with Gasteiger partial charge in [-0.25, -0.2) is 4.98 Å². The number of aromatic nitrogens is 1. The number of oxazole rings is 1. The molecule has 0 aliphatic rings. The molecule has 0 atom stereocenters. The van der Waals surface area contributed by atoms with Crippen LogP contribution in [0.25, 0.3) is 0 Å². The fraction of sp³-hybridized carbons (Fsp3) is 0.556. The number of methoxy groups -OCH3 is 1. The minimum absolute atomic E-state index is 0.0921. The first-order chi connectivity index (χ1) is 6.24. The number of Topliss-reactive ketones (excluding diaryl/α,β-unsaturated/α-hetero) is 1. The standard InChI is InChI=1S/C9H13NO3/c1-7(11)8-6-10-9(13-8)4-3-5-12-2/h6H,3-5H2,1-2H3. The largest absolute Gasteiger partial charge is 0.438 e. The van der Waals surface area contributed by atoms with Crippen molar-refractivity contribution in [1.29, 1.82) is 0 Å². The van der Waals surface area contributed by atoms with E-state index in [0.717, 1.165) is 6.42 Å². The van der Waals surface area contributed by atoms with E-state index < -0.39 is 0 Å². The second-order valence-electron chi connectivity index (χ2n) is 2.77. The third-order valence-corrected chi connectivity index (χ3v) is 1.64. The van der Waals surface area contributed by atoms with Crippen molar-refractivity contribution in [3.8, 4) is 0 Å². The molecular weight excluding hydrogens is 170 g/mol. The van der Waals surface area contributed by atoms with Gasteiger partial charge in [0.2, 0.25) is 0 Å². The van der Waals surface area contributed by atoms with Crippen LogP contribution in [0.2, 0.25) is 0 Å². The first-order valence-electron chi connectivity index (χ1n) is 4.18. The average molecular weight is 183 g/mol. The van der Waals surface area contributed by atoms with Crippen LogP contribution >= 0.6 is 0 Å². The van der Waals surface area contributed by atoms with Crippen molar-refractivity contribution in [2.75, 3.05) is 13.7 Å². The number of rotatable bonds is 5. The molecule has 0 N–H and O–H groups in total. The zero-order valence-corrected chi connectivity index (χ0v) is 7.87. The second kappa shape index (κ2) is 4.77. The Labute approximate surface area is 76.9 Å². The molecule has 0 unspecified atom stereocenters. The third-order valence-electron chi connectivity index (χ3n) is 1.64. The summed E-state index contributed by atoms with van der Waals surface area (Å²) in [5.74, 6) is 0.833. The van der Waals surface area contributed by atoms with Crippen LogP contribution in [0.1, 0.15) is 29.8 Å². The van der Waals surface area contributed by atoms with Crippen LogP contribution in [0, 0.1) is 0 Å². The molecule has 0 bridgehead atoms. The Balaban J connectivity index is 2.44. The summed E-state index contributed by atoms with van der Waals surface area (Å²) in [4.78, 5) is 14.8.